The van der Waals surface area contributed by atoms with Crippen LogP contribution in [0.25, 0.3) is 10.2 Å². The zero-order valence-corrected chi connectivity index (χ0v) is 12.6. The van der Waals surface area contributed by atoms with Gasteiger partial charge in [0.05, 0.1) is 0 Å². The Hall–Kier alpha value is -0.850. The lowest BCUT2D eigenvalue weighted by atomic mass is 10.3. The van der Waals surface area contributed by atoms with Gasteiger partial charge in [0.25, 0.3) is 0 Å². The molecular weight excluding hydrogens is 264 g/mol. The Bertz CT molecular complexity index is 536. The first kappa shape index (κ1) is 13.6. The first-order valence-corrected chi connectivity index (χ1v) is 7.73. The topological polar surface area (TPSA) is 55.0 Å². The minimum atomic E-state index is 0.374. The quantitative estimate of drug-likeness (QED) is 0.674. The molecule has 0 aliphatic carbocycles. The predicted molar refractivity (Wildman–Crippen MR) is 80.5 cm³/mol. The number of aryl methyl sites for hydroxylation is 1. The van der Waals surface area contributed by atoms with Crippen molar-refractivity contribution in [2.75, 3.05) is 32.1 Å². The fourth-order valence-corrected chi connectivity index (χ4v) is 3.73. The molecule has 0 saturated carbocycles. The van der Waals surface area contributed by atoms with E-state index in [2.05, 4.69) is 42.0 Å². The van der Waals surface area contributed by atoms with E-state index in [-0.39, 0.29) is 0 Å². The van der Waals surface area contributed by atoms with E-state index < -0.39 is 0 Å². The summed E-state index contributed by atoms with van der Waals surface area (Å²) in [7, 11) is 4.15. The number of hydrogen-bond donors (Lipinski definition) is 1. The number of thiophene rings is 1. The van der Waals surface area contributed by atoms with Crippen molar-refractivity contribution in [2.24, 2.45) is 0 Å². The van der Waals surface area contributed by atoms with E-state index in [0.29, 0.717) is 5.95 Å². The van der Waals surface area contributed by atoms with E-state index in [1.165, 1.54) is 4.88 Å². The average molecular weight is 282 g/mol. The van der Waals surface area contributed by atoms with Crippen molar-refractivity contribution in [2.45, 2.75) is 18.4 Å². The summed E-state index contributed by atoms with van der Waals surface area (Å²) in [6.45, 7) is 3.18. The summed E-state index contributed by atoms with van der Waals surface area (Å²) in [5.41, 5.74) is 5.77. The molecule has 18 heavy (non-hydrogen) atoms. The monoisotopic (exact) mass is 282 g/mol. The standard InChI is InChI=1S/C12H18N4S2/c1-4-8-7-9-10(17-6-5-16(2)3)14-12(13)15-11(9)18-8/h7H,4-6H2,1-3H3,(H2,13,14,15). The molecule has 98 valence electrons. The molecule has 6 heteroatoms. The fraction of sp³-hybridized carbons (Fsp3) is 0.500. The second-order valence-corrected chi connectivity index (χ2v) is 6.52. The molecule has 0 unspecified atom stereocenters. The first-order chi connectivity index (χ1) is 8.60. The van der Waals surface area contributed by atoms with Crippen molar-refractivity contribution in [3.63, 3.8) is 0 Å². The van der Waals surface area contributed by atoms with Gasteiger partial charge in [-0.25, -0.2) is 9.97 Å². The summed E-state index contributed by atoms with van der Waals surface area (Å²) in [6.07, 6.45) is 1.03. The van der Waals surface area contributed by atoms with Crippen LogP contribution in [0.5, 0.6) is 0 Å². The number of hydrogen-bond acceptors (Lipinski definition) is 6. The summed E-state index contributed by atoms with van der Waals surface area (Å²) < 4.78 is 0. The van der Waals surface area contributed by atoms with Crippen LogP contribution >= 0.6 is 23.1 Å². The molecule has 0 atom stereocenters. The highest BCUT2D eigenvalue weighted by Crippen LogP contribution is 2.32. The Morgan fingerprint density at radius 2 is 2.17 bits per heavy atom. The molecule has 0 aliphatic rings. The molecule has 0 spiro atoms. The molecule has 2 N–H and O–H groups in total. The van der Waals surface area contributed by atoms with Gasteiger partial charge in [0.1, 0.15) is 9.86 Å². The van der Waals surface area contributed by atoms with Crippen molar-refractivity contribution in [3.8, 4) is 0 Å². The minimum absolute atomic E-state index is 0.374. The van der Waals surface area contributed by atoms with Crippen molar-refractivity contribution in [1.82, 2.24) is 14.9 Å². The molecule has 0 saturated heterocycles. The Kier molecular flexibility index (Phi) is 4.42. The third-order valence-corrected chi connectivity index (χ3v) is 4.70. The number of nitrogen functional groups attached to an aromatic ring is 1. The Labute approximate surface area is 116 Å². The highest BCUT2D eigenvalue weighted by molar-refractivity contribution is 7.99. The smallest absolute Gasteiger partial charge is 0.222 e. The Balaban J connectivity index is 2.27. The molecule has 2 heterocycles. The number of thioether (sulfide) groups is 1. The summed E-state index contributed by atoms with van der Waals surface area (Å²) in [5.74, 6) is 1.38. The van der Waals surface area contributed by atoms with Crippen LogP contribution in [0.2, 0.25) is 0 Å². The van der Waals surface area contributed by atoms with Crippen molar-refractivity contribution < 1.29 is 0 Å². The SMILES string of the molecule is CCc1cc2c(SCCN(C)C)nc(N)nc2s1. The van der Waals surface area contributed by atoms with Crippen LogP contribution in [0.15, 0.2) is 11.1 Å². The van der Waals surface area contributed by atoms with Crippen LogP contribution in [-0.2, 0) is 6.42 Å². The summed E-state index contributed by atoms with van der Waals surface area (Å²) in [4.78, 5) is 13.2. The zero-order chi connectivity index (χ0) is 13.1. The molecule has 0 aliphatic heterocycles. The lowest BCUT2D eigenvalue weighted by molar-refractivity contribution is 0.437. The van der Waals surface area contributed by atoms with Crippen LogP contribution in [0.3, 0.4) is 0 Å². The molecule has 0 fully saturated rings. The Morgan fingerprint density at radius 1 is 1.39 bits per heavy atom. The van der Waals surface area contributed by atoms with Crippen molar-refractivity contribution in [1.29, 1.82) is 0 Å². The normalized spacial score (nSPS) is 11.6. The number of nitrogens with zero attached hydrogens (tertiary/aromatic N) is 3. The third-order valence-electron chi connectivity index (χ3n) is 2.55. The van der Waals surface area contributed by atoms with Crippen molar-refractivity contribution in [3.05, 3.63) is 10.9 Å². The third kappa shape index (κ3) is 3.13. The number of rotatable bonds is 5. The second-order valence-electron chi connectivity index (χ2n) is 4.32. The second kappa shape index (κ2) is 5.86. The van der Waals surface area contributed by atoms with Crippen LogP contribution in [0, 0.1) is 0 Å². The minimum Gasteiger partial charge on any atom is -0.368 e. The van der Waals surface area contributed by atoms with E-state index in [1.54, 1.807) is 23.1 Å². The van der Waals surface area contributed by atoms with E-state index in [1.807, 2.05) is 0 Å². The summed E-state index contributed by atoms with van der Waals surface area (Å²) in [5, 5.41) is 2.16. The molecule has 2 aromatic heterocycles. The van der Waals surface area contributed by atoms with E-state index in [0.717, 1.165) is 34.0 Å². The fourth-order valence-electron chi connectivity index (χ4n) is 1.57. The van der Waals surface area contributed by atoms with Gasteiger partial charge in [-0.2, -0.15) is 0 Å². The van der Waals surface area contributed by atoms with Crippen LogP contribution in [0.1, 0.15) is 11.8 Å². The first-order valence-electron chi connectivity index (χ1n) is 5.93. The van der Waals surface area contributed by atoms with E-state index in [9.17, 15) is 0 Å². The van der Waals surface area contributed by atoms with Gasteiger partial charge in [0.2, 0.25) is 5.95 Å². The van der Waals surface area contributed by atoms with Gasteiger partial charge in [0.15, 0.2) is 0 Å². The van der Waals surface area contributed by atoms with Gasteiger partial charge in [-0.1, -0.05) is 6.92 Å². The van der Waals surface area contributed by atoms with Gasteiger partial charge in [-0.05, 0) is 26.6 Å². The highest BCUT2D eigenvalue weighted by Gasteiger charge is 2.10. The number of anilines is 1. The van der Waals surface area contributed by atoms with Gasteiger partial charge in [0, 0.05) is 22.6 Å². The number of fused-ring (bicyclic) bond motifs is 1. The maximum absolute atomic E-state index is 5.77. The summed E-state index contributed by atoms with van der Waals surface area (Å²) >= 11 is 3.46. The predicted octanol–water partition coefficient (Wildman–Crippen LogP) is 2.49. The Morgan fingerprint density at radius 3 is 2.83 bits per heavy atom. The number of nitrogens with two attached hydrogens (primary N) is 1. The van der Waals surface area contributed by atoms with E-state index in [4.69, 9.17) is 5.73 Å². The molecule has 2 aromatic rings. The molecule has 0 bridgehead atoms. The average Bonchev–Trinajstić information content (AvgIpc) is 2.71. The highest BCUT2D eigenvalue weighted by atomic mass is 32.2. The molecule has 0 radical (unpaired) electrons. The lowest BCUT2D eigenvalue weighted by Gasteiger charge is -2.08. The maximum atomic E-state index is 5.77. The molecule has 0 amide bonds. The lowest BCUT2D eigenvalue weighted by Crippen LogP contribution is -2.14. The van der Waals surface area contributed by atoms with Crippen molar-refractivity contribution >= 4 is 39.3 Å². The van der Waals surface area contributed by atoms with Crippen LogP contribution in [-0.4, -0.2) is 41.3 Å². The summed E-state index contributed by atoms with van der Waals surface area (Å²) in [6, 6.07) is 2.19. The molecule has 2 rings (SSSR count). The molecular formula is C12H18N4S2. The van der Waals surface area contributed by atoms with Gasteiger partial charge in [-0.15, -0.1) is 23.1 Å². The van der Waals surface area contributed by atoms with E-state index >= 15 is 0 Å². The van der Waals surface area contributed by atoms with Gasteiger partial charge < -0.3 is 10.6 Å². The largest absolute Gasteiger partial charge is 0.368 e. The van der Waals surface area contributed by atoms with Crippen LogP contribution in [0.4, 0.5) is 5.95 Å². The van der Waals surface area contributed by atoms with Crippen LogP contribution < -0.4 is 5.73 Å². The molecule has 4 nitrogen and oxygen atoms in total. The zero-order valence-electron chi connectivity index (χ0n) is 10.9. The van der Waals surface area contributed by atoms with Gasteiger partial charge >= 0.3 is 0 Å². The maximum Gasteiger partial charge on any atom is 0.222 e. The number of aromatic nitrogens is 2. The molecule has 0 aromatic carbocycles. The van der Waals surface area contributed by atoms with Gasteiger partial charge in [-0.3, -0.25) is 0 Å².